The second-order valence-corrected chi connectivity index (χ2v) is 6.09. The average molecular weight is 362 g/mol. The number of hydrogen-bond donors (Lipinski definition) is 1. The number of nitrogens with zero attached hydrogens (tertiary/aromatic N) is 3. The van der Waals surface area contributed by atoms with Gasteiger partial charge in [-0.1, -0.05) is 6.92 Å². The zero-order valence-electron chi connectivity index (χ0n) is 14.4. The normalized spacial score (nSPS) is 17.3. The van der Waals surface area contributed by atoms with Gasteiger partial charge in [0.05, 0.1) is 19.9 Å². The molecule has 0 unspecified atom stereocenters. The first-order valence-corrected chi connectivity index (χ1v) is 8.78. The van der Waals surface area contributed by atoms with Gasteiger partial charge in [0.25, 0.3) is 0 Å². The van der Waals surface area contributed by atoms with Crippen LogP contribution in [0.5, 0.6) is 11.5 Å². The van der Waals surface area contributed by atoms with E-state index in [9.17, 15) is 0 Å². The molecule has 2 heterocycles. The lowest BCUT2D eigenvalue weighted by molar-refractivity contribution is 0.102. The number of ether oxygens (including phenoxy) is 3. The van der Waals surface area contributed by atoms with Crippen molar-refractivity contribution < 1.29 is 14.2 Å². The van der Waals surface area contributed by atoms with Crippen molar-refractivity contribution in [2.45, 2.75) is 32.3 Å². The maximum Gasteiger partial charge on any atom is 0.216 e. The topological polar surface area (TPSA) is 73.7 Å². The highest BCUT2D eigenvalue weighted by Crippen LogP contribution is 2.28. The van der Waals surface area contributed by atoms with Gasteiger partial charge in [0.15, 0.2) is 17.3 Å². The van der Waals surface area contributed by atoms with Crippen molar-refractivity contribution in [3.8, 4) is 11.5 Å². The predicted molar refractivity (Wildman–Crippen MR) is 97.1 cm³/mol. The molecule has 0 amide bonds. The van der Waals surface area contributed by atoms with Crippen LogP contribution in [-0.2, 0) is 4.74 Å². The molecule has 0 radical (unpaired) electrons. The largest absolute Gasteiger partial charge is 0.493 e. The van der Waals surface area contributed by atoms with Crippen LogP contribution in [0.25, 0.3) is 0 Å². The molecule has 134 valence electrons. The Morgan fingerprint density at radius 2 is 2.36 bits per heavy atom. The van der Waals surface area contributed by atoms with Gasteiger partial charge < -0.3 is 14.2 Å². The molecule has 2 aromatic rings. The third kappa shape index (κ3) is 4.08. The van der Waals surface area contributed by atoms with Crippen LogP contribution in [0.4, 0.5) is 0 Å². The van der Waals surface area contributed by atoms with Crippen LogP contribution in [0.15, 0.2) is 23.3 Å². The molecule has 25 heavy (non-hydrogen) atoms. The van der Waals surface area contributed by atoms with E-state index in [1.807, 2.05) is 18.2 Å². The number of rotatable bonds is 7. The van der Waals surface area contributed by atoms with Gasteiger partial charge >= 0.3 is 0 Å². The molecule has 1 aliphatic rings. The Hall–Kier alpha value is -2.19. The van der Waals surface area contributed by atoms with E-state index in [1.54, 1.807) is 18.0 Å². The van der Waals surface area contributed by atoms with Crippen LogP contribution in [0.2, 0.25) is 0 Å². The zero-order chi connectivity index (χ0) is 17.6. The molecule has 1 N–H and O–H groups in total. The summed E-state index contributed by atoms with van der Waals surface area (Å²) in [5.41, 5.74) is 0.877. The molecule has 0 saturated carbocycles. The van der Waals surface area contributed by atoms with Crippen LogP contribution in [-0.4, -0.2) is 41.4 Å². The van der Waals surface area contributed by atoms with Gasteiger partial charge in [-0.15, -0.1) is 0 Å². The SMILES string of the molecule is CCCOc1ccc(/C=N\n2c([C@@H]3CCCO3)n[nH]c2=S)cc1OC. The molecule has 1 aromatic heterocycles. The van der Waals surface area contributed by atoms with E-state index < -0.39 is 0 Å². The number of nitrogens with one attached hydrogen (secondary N) is 1. The molecule has 0 bridgehead atoms. The van der Waals surface area contributed by atoms with Crippen LogP contribution in [0.1, 0.15) is 43.7 Å². The summed E-state index contributed by atoms with van der Waals surface area (Å²) in [7, 11) is 1.62. The van der Waals surface area contributed by atoms with Crippen LogP contribution in [0.3, 0.4) is 0 Å². The fraction of sp³-hybridized carbons (Fsp3) is 0.471. The minimum atomic E-state index is -0.0653. The zero-order valence-corrected chi connectivity index (χ0v) is 15.2. The van der Waals surface area contributed by atoms with Crippen molar-refractivity contribution in [1.82, 2.24) is 14.9 Å². The van der Waals surface area contributed by atoms with Crippen LogP contribution >= 0.6 is 12.2 Å². The molecule has 7 nitrogen and oxygen atoms in total. The Morgan fingerprint density at radius 1 is 1.48 bits per heavy atom. The third-order valence-corrected chi connectivity index (χ3v) is 4.13. The molecule has 1 atom stereocenters. The lowest BCUT2D eigenvalue weighted by atomic mass is 10.2. The first-order valence-electron chi connectivity index (χ1n) is 8.37. The fourth-order valence-corrected chi connectivity index (χ4v) is 2.81. The summed E-state index contributed by atoms with van der Waals surface area (Å²) < 4.78 is 18.8. The van der Waals surface area contributed by atoms with Crippen molar-refractivity contribution >= 4 is 18.4 Å². The third-order valence-electron chi connectivity index (χ3n) is 3.86. The second kappa shape index (κ2) is 8.26. The van der Waals surface area contributed by atoms with Gasteiger partial charge in [-0.3, -0.25) is 5.10 Å². The highest BCUT2D eigenvalue weighted by Gasteiger charge is 2.23. The fourth-order valence-electron chi connectivity index (χ4n) is 2.63. The maximum absolute atomic E-state index is 5.67. The monoisotopic (exact) mass is 362 g/mol. The summed E-state index contributed by atoms with van der Waals surface area (Å²) in [6, 6.07) is 5.68. The summed E-state index contributed by atoms with van der Waals surface area (Å²) in [6.07, 6.45) is 4.54. The average Bonchev–Trinajstić information content (AvgIpc) is 3.28. The highest BCUT2D eigenvalue weighted by molar-refractivity contribution is 7.71. The van der Waals surface area contributed by atoms with Gasteiger partial charge in [0, 0.05) is 6.61 Å². The molecule has 0 aliphatic carbocycles. The molecule has 3 rings (SSSR count). The van der Waals surface area contributed by atoms with Crippen LogP contribution in [0, 0.1) is 4.77 Å². The molecule has 1 fully saturated rings. The summed E-state index contributed by atoms with van der Waals surface area (Å²) in [6.45, 7) is 3.46. The molecule has 1 aliphatic heterocycles. The minimum absolute atomic E-state index is 0.0653. The van der Waals surface area contributed by atoms with Crippen molar-refractivity contribution in [2.24, 2.45) is 5.10 Å². The number of benzene rings is 1. The van der Waals surface area contributed by atoms with Gasteiger partial charge in [0.1, 0.15) is 6.10 Å². The van der Waals surface area contributed by atoms with Gasteiger partial charge in [-0.2, -0.15) is 14.9 Å². The van der Waals surface area contributed by atoms with E-state index >= 15 is 0 Å². The molecule has 0 spiro atoms. The molecular formula is C17H22N4O3S. The first kappa shape index (κ1) is 17.6. The van der Waals surface area contributed by atoms with Crippen molar-refractivity contribution in [2.75, 3.05) is 20.3 Å². The maximum atomic E-state index is 5.67. The predicted octanol–water partition coefficient (Wildman–Crippen LogP) is 3.47. The molecule has 8 heteroatoms. The van der Waals surface area contributed by atoms with E-state index in [0.29, 0.717) is 23.0 Å². The molecular weight excluding hydrogens is 340 g/mol. The number of H-pyrrole nitrogens is 1. The lowest BCUT2D eigenvalue weighted by Crippen LogP contribution is -2.05. The lowest BCUT2D eigenvalue weighted by Gasteiger charge is -2.10. The summed E-state index contributed by atoms with van der Waals surface area (Å²) in [4.78, 5) is 0. The molecule has 1 saturated heterocycles. The Kier molecular flexibility index (Phi) is 5.83. The Morgan fingerprint density at radius 3 is 3.08 bits per heavy atom. The number of hydrogen-bond acceptors (Lipinski definition) is 6. The van der Waals surface area contributed by atoms with Crippen molar-refractivity contribution in [1.29, 1.82) is 0 Å². The standard InChI is InChI=1S/C17H22N4O3S/c1-3-8-23-13-7-6-12(10-15(13)22-2)11-18-21-16(19-20-17(21)25)14-5-4-9-24-14/h6-7,10-11,14H,3-5,8-9H2,1-2H3,(H,20,25)/b18-11-/t14-/m0/s1. The van der Waals surface area contributed by atoms with E-state index in [4.69, 9.17) is 26.4 Å². The molecule has 1 aromatic carbocycles. The Bertz CT molecular complexity index is 793. The minimum Gasteiger partial charge on any atom is -0.493 e. The summed E-state index contributed by atoms with van der Waals surface area (Å²) in [5.74, 6) is 2.10. The van der Waals surface area contributed by atoms with Crippen molar-refractivity contribution in [3.05, 3.63) is 34.4 Å². The summed E-state index contributed by atoms with van der Waals surface area (Å²) >= 11 is 5.27. The summed E-state index contributed by atoms with van der Waals surface area (Å²) in [5, 5.41) is 11.5. The quantitative estimate of drug-likeness (QED) is 0.603. The first-order chi connectivity index (χ1) is 12.2. The van der Waals surface area contributed by atoms with Gasteiger partial charge in [0.2, 0.25) is 4.77 Å². The Labute approximate surface area is 151 Å². The number of aromatic amines is 1. The van der Waals surface area contributed by atoms with Crippen molar-refractivity contribution in [3.63, 3.8) is 0 Å². The second-order valence-electron chi connectivity index (χ2n) is 5.70. The highest BCUT2D eigenvalue weighted by atomic mass is 32.1. The van der Waals surface area contributed by atoms with Gasteiger partial charge in [-0.05, 0) is 55.2 Å². The van der Waals surface area contributed by atoms with E-state index in [0.717, 1.165) is 37.2 Å². The van der Waals surface area contributed by atoms with E-state index in [2.05, 4.69) is 22.2 Å². The van der Waals surface area contributed by atoms with E-state index in [-0.39, 0.29) is 6.10 Å². The van der Waals surface area contributed by atoms with Crippen LogP contribution < -0.4 is 9.47 Å². The smallest absolute Gasteiger partial charge is 0.216 e. The Balaban J connectivity index is 1.82. The van der Waals surface area contributed by atoms with Gasteiger partial charge in [-0.25, -0.2) is 0 Å². The van der Waals surface area contributed by atoms with E-state index in [1.165, 1.54) is 0 Å². The number of methoxy groups -OCH3 is 1. The number of aromatic nitrogens is 3.